The Morgan fingerprint density at radius 3 is 1.35 bits per heavy atom. The Morgan fingerprint density at radius 2 is 0.921 bits per heavy atom. The fraction of sp³-hybridized carbons (Fsp3) is 0.961. The van der Waals surface area contributed by atoms with Gasteiger partial charge in [0.25, 0.3) is 0 Å². The van der Waals surface area contributed by atoms with Gasteiger partial charge in [0.1, 0.15) is 12.2 Å². The molecule has 2 unspecified atom stereocenters. The maximum absolute atomic E-state index is 12.9. The van der Waals surface area contributed by atoms with Crippen LogP contribution in [-0.2, 0) is 38.9 Å². The van der Waals surface area contributed by atoms with E-state index in [0.717, 1.165) is 129 Å². The zero-order chi connectivity index (χ0) is 46.3. The zero-order valence-electron chi connectivity index (χ0n) is 41.5. The molecule has 10 nitrogen and oxygen atoms in total. The highest BCUT2D eigenvalue weighted by Gasteiger charge is 2.36. The number of hydrogen-bond acceptors (Lipinski definition) is 9. The van der Waals surface area contributed by atoms with Gasteiger partial charge in [-0.15, -0.1) is 0 Å². The molecule has 0 amide bonds. The van der Waals surface area contributed by atoms with Crippen molar-refractivity contribution in [3.63, 3.8) is 0 Å². The Balaban J connectivity index is 2.45. The maximum Gasteiger partial charge on any atom is 0.306 e. The lowest BCUT2D eigenvalue weighted by Crippen LogP contribution is -2.37. The van der Waals surface area contributed by atoms with Crippen LogP contribution in [0.5, 0.6) is 0 Å². The van der Waals surface area contributed by atoms with Crippen molar-refractivity contribution in [2.75, 3.05) is 37.7 Å². The summed E-state index contributed by atoms with van der Waals surface area (Å²) in [5.74, 6) is -0.431. The van der Waals surface area contributed by atoms with Gasteiger partial charge in [-0.3, -0.25) is 9.59 Å². The van der Waals surface area contributed by atoms with Crippen LogP contribution in [0.15, 0.2) is 0 Å². The van der Waals surface area contributed by atoms with Gasteiger partial charge in [0.15, 0.2) is 9.84 Å². The van der Waals surface area contributed by atoms with E-state index in [2.05, 4.69) is 37.3 Å². The summed E-state index contributed by atoms with van der Waals surface area (Å²) in [5.41, 5.74) is 0. The predicted octanol–water partition coefficient (Wildman–Crippen LogP) is 13.0. The minimum absolute atomic E-state index is 0.0304. The number of rotatable bonds is 46. The molecule has 1 rings (SSSR count). The molecular weight excluding hydrogens is 833 g/mol. The highest BCUT2D eigenvalue weighted by Crippen LogP contribution is 2.20. The van der Waals surface area contributed by atoms with Gasteiger partial charge in [-0.25, -0.2) is 21.6 Å². The summed E-state index contributed by atoms with van der Waals surface area (Å²) in [7, 11) is -6.93. The summed E-state index contributed by atoms with van der Waals surface area (Å²) in [4.78, 5) is 27.8. The molecule has 0 radical (unpaired) electrons. The monoisotopic (exact) mass is 933 g/mol. The standard InChI is InChI=1S/C51H100N2O8S2/c1-5-9-12-15-20-27-35-47(8-4)60-50(54)38-30-23-18-25-32-42-53(44-34-41-52-63(58,59)49-40-45-62(56,57)46-49)43-33-26-19-24-31-39-51(55)61-48(36-28-21-16-13-10-6-2)37-29-22-17-14-11-7-3/h47-49,52H,5-46H2,1-4H3. The summed E-state index contributed by atoms with van der Waals surface area (Å²) >= 11 is 0. The van der Waals surface area contributed by atoms with Gasteiger partial charge in [0.2, 0.25) is 10.0 Å². The average Bonchev–Trinajstić information content (AvgIpc) is 3.64. The molecule has 1 aliphatic rings. The molecule has 0 saturated carbocycles. The molecule has 0 aromatic carbocycles. The molecule has 374 valence electrons. The Bertz CT molecular complexity index is 1300. The lowest BCUT2D eigenvalue weighted by molar-refractivity contribution is -0.150. The molecule has 0 bridgehead atoms. The minimum atomic E-state index is -3.66. The van der Waals surface area contributed by atoms with E-state index in [0.29, 0.717) is 25.8 Å². The summed E-state index contributed by atoms with van der Waals surface area (Å²) in [5, 5.41) is -0.850. The highest BCUT2D eigenvalue weighted by molar-refractivity contribution is 7.95. The molecule has 2 atom stereocenters. The lowest BCUT2D eigenvalue weighted by Gasteiger charge is -2.23. The van der Waals surface area contributed by atoms with E-state index in [-0.39, 0.29) is 42.1 Å². The zero-order valence-corrected chi connectivity index (χ0v) is 43.1. The molecule has 1 fully saturated rings. The molecule has 1 saturated heterocycles. The van der Waals surface area contributed by atoms with E-state index >= 15 is 0 Å². The molecule has 0 aliphatic carbocycles. The molecule has 1 N–H and O–H groups in total. The van der Waals surface area contributed by atoms with Crippen LogP contribution in [0.4, 0.5) is 0 Å². The van der Waals surface area contributed by atoms with Crippen molar-refractivity contribution >= 4 is 31.8 Å². The first kappa shape index (κ1) is 59.8. The van der Waals surface area contributed by atoms with Crippen LogP contribution in [0.3, 0.4) is 0 Å². The first-order valence-electron chi connectivity index (χ1n) is 26.8. The normalized spacial score (nSPS) is 15.7. The van der Waals surface area contributed by atoms with E-state index in [1.807, 2.05) is 0 Å². The first-order chi connectivity index (χ1) is 30.5. The molecule has 1 aliphatic heterocycles. The van der Waals surface area contributed by atoms with Gasteiger partial charge in [-0.2, -0.15) is 0 Å². The Hall–Kier alpha value is -1.24. The number of unbranched alkanes of at least 4 members (excludes halogenated alkanes) is 23. The van der Waals surface area contributed by atoms with Gasteiger partial charge in [0.05, 0.1) is 16.8 Å². The van der Waals surface area contributed by atoms with Gasteiger partial charge < -0.3 is 14.4 Å². The Morgan fingerprint density at radius 1 is 0.540 bits per heavy atom. The molecule has 1 heterocycles. The fourth-order valence-corrected chi connectivity index (χ4v) is 12.9. The lowest BCUT2D eigenvalue weighted by atomic mass is 10.0. The SMILES string of the molecule is CCCCCCCCC(CC)OC(=O)CCCCCCCN(CCCCCCCC(=O)OC(CCCCCCCC)CCCCCCCC)CCCNS(=O)(=O)C1CCS(=O)(=O)C1. The summed E-state index contributed by atoms with van der Waals surface area (Å²) < 4.78 is 63.8. The highest BCUT2D eigenvalue weighted by atomic mass is 32.2. The number of sulfone groups is 1. The second-order valence-corrected chi connectivity index (χ2v) is 23.3. The third-order valence-electron chi connectivity index (χ3n) is 13.0. The molecule has 0 spiro atoms. The van der Waals surface area contributed by atoms with Crippen LogP contribution in [0.1, 0.15) is 259 Å². The van der Waals surface area contributed by atoms with Crippen LogP contribution in [0.25, 0.3) is 0 Å². The van der Waals surface area contributed by atoms with Crippen molar-refractivity contribution in [2.24, 2.45) is 0 Å². The van der Waals surface area contributed by atoms with Crippen molar-refractivity contribution in [2.45, 2.75) is 276 Å². The predicted molar refractivity (Wildman–Crippen MR) is 264 cm³/mol. The topological polar surface area (TPSA) is 136 Å². The van der Waals surface area contributed by atoms with Crippen molar-refractivity contribution in [1.29, 1.82) is 0 Å². The van der Waals surface area contributed by atoms with Gasteiger partial charge >= 0.3 is 11.9 Å². The molecule has 0 aromatic rings. The molecule has 0 aromatic heterocycles. The molecule has 12 heteroatoms. The Labute approximate surface area is 389 Å². The molecular formula is C51H100N2O8S2. The van der Waals surface area contributed by atoms with Crippen LogP contribution < -0.4 is 4.72 Å². The van der Waals surface area contributed by atoms with Crippen LogP contribution in [0, 0.1) is 0 Å². The number of carbonyl (C=O) groups excluding carboxylic acids is 2. The van der Waals surface area contributed by atoms with Gasteiger partial charge in [-0.05, 0) is 103 Å². The van der Waals surface area contributed by atoms with E-state index in [4.69, 9.17) is 9.47 Å². The number of carbonyl (C=O) groups is 2. The first-order valence-corrected chi connectivity index (χ1v) is 30.1. The van der Waals surface area contributed by atoms with E-state index in [9.17, 15) is 26.4 Å². The molecule has 63 heavy (non-hydrogen) atoms. The smallest absolute Gasteiger partial charge is 0.306 e. The summed E-state index contributed by atoms with van der Waals surface area (Å²) in [6.07, 6.45) is 38.4. The van der Waals surface area contributed by atoms with E-state index in [1.54, 1.807) is 0 Å². The number of nitrogens with one attached hydrogen (secondary N) is 1. The van der Waals surface area contributed by atoms with Crippen molar-refractivity contribution < 1.29 is 35.9 Å². The van der Waals surface area contributed by atoms with E-state index in [1.165, 1.54) is 96.3 Å². The van der Waals surface area contributed by atoms with Gasteiger partial charge in [0, 0.05) is 19.4 Å². The number of ether oxygens (including phenoxy) is 2. The van der Waals surface area contributed by atoms with Crippen molar-refractivity contribution in [1.82, 2.24) is 9.62 Å². The van der Waals surface area contributed by atoms with Crippen LogP contribution >= 0.6 is 0 Å². The number of hydrogen-bond donors (Lipinski definition) is 1. The number of sulfonamides is 1. The third kappa shape index (κ3) is 34.7. The average molecular weight is 934 g/mol. The fourth-order valence-electron chi connectivity index (χ4n) is 8.80. The Kier molecular flexibility index (Phi) is 37.8. The largest absolute Gasteiger partial charge is 0.462 e. The summed E-state index contributed by atoms with van der Waals surface area (Å²) in [6.45, 7) is 11.8. The quantitative estimate of drug-likeness (QED) is 0.0467. The minimum Gasteiger partial charge on any atom is -0.462 e. The van der Waals surface area contributed by atoms with Crippen molar-refractivity contribution in [3.05, 3.63) is 0 Å². The summed E-state index contributed by atoms with van der Waals surface area (Å²) in [6, 6.07) is 0. The van der Waals surface area contributed by atoms with Crippen LogP contribution in [-0.4, -0.2) is 88.8 Å². The number of nitrogens with zero attached hydrogens (tertiary/aromatic N) is 1. The van der Waals surface area contributed by atoms with Crippen LogP contribution in [0.2, 0.25) is 0 Å². The second kappa shape index (κ2) is 39.9. The van der Waals surface area contributed by atoms with Gasteiger partial charge in [-0.1, -0.05) is 163 Å². The maximum atomic E-state index is 12.9. The number of esters is 2. The third-order valence-corrected chi connectivity index (χ3v) is 16.9. The van der Waals surface area contributed by atoms with E-state index < -0.39 is 25.1 Å². The second-order valence-electron chi connectivity index (χ2n) is 19.0. The van der Waals surface area contributed by atoms with Crippen molar-refractivity contribution in [3.8, 4) is 0 Å².